The summed E-state index contributed by atoms with van der Waals surface area (Å²) in [7, 11) is -2.55. The minimum Gasteiger partial charge on any atom is -0.480 e. The predicted octanol–water partition coefficient (Wildman–Crippen LogP) is 0.132. The Bertz CT molecular complexity index is 594. The van der Waals surface area contributed by atoms with Crippen molar-refractivity contribution in [2.24, 2.45) is 0 Å². The van der Waals surface area contributed by atoms with Crippen molar-refractivity contribution in [2.75, 3.05) is 20.1 Å². The SMILES string of the molecule is CC(=O)NCCc1ccc(S(=O)(=O)N(C)CC(=O)O)s1. The molecule has 0 aromatic carbocycles. The molecule has 7 nitrogen and oxygen atoms in total. The van der Waals surface area contributed by atoms with Crippen molar-refractivity contribution in [3.05, 3.63) is 17.0 Å². The van der Waals surface area contributed by atoms with Crippen molar-refractivity contribution < 1.29 is 23.1 Å². The fourth-order valence-corrected chi connectivity index (χ4v) is 4.11. The normalized spacial score (nSPS) is 11.6. The summed E-state index contributed by atoms with van der Waals surface area (Å²) in [6.45, 7) is 1.26. The van der Waals surface area contributed by atoms with E-state index in [1.807, 2.05) is 0 Å². The number of sulfonamides is 1. The lowest BCUT2D eigenvalue weighted by atomic mass is 10.3. The number of aliphatic carboxylic acids is 1. The number of hydrogen-bond acceptors (Lipinski definition) is 5. The van der Waals surface area contributed by atoms with Crippen LogP contribution in [0.1, 0.15) is 11.8 Å². The molecule has 0 saturated carbocycles. The van der Waals surface area contributed by atoms with Crippen LogP contribution in [0.5, 0.6) is 0 Å². The Morgan fingerprint density at radius 2 is 2.05 bits per heavy atom. The molecule has 9 heteroatoms. The van der Waals surface area contributed by atoms with Crippen LogP contribution in [0.3, 0.4) is 0 Å². The maximum absolute atomic E-state index is 12.1. The maximum Gasteiger partial charge on any atom is 0.318 e. The molecule has 0 spiro atoms. The van der Waals surface area contributed by atoms with Crippen molar-refractivity contribution in [2.45, 2.75) is 17.6 Å². The van der Waals surface area contributed by atoms with Crippen LogP contribution < -0.4 is 5.32 Å². The van der Waals surface area contributed by atoms with Gasteiger partial charge in [-0.2, -0.15) is 4.31 Å². The van der Waals surface area contributed by atoms with Gasteiger partial charge >= 0.3 is 5.97 Å². The number of carboxylic acids is 1. The average molecular weight is 320 g/mol. The standard InChI is InChI=1S/C11H16N2O5S2/c1-8(14)12-6-5-9-3-4-11(19-9)20(17,18)13(2)7-10(15)16/h3-4H,5-7H2,1-2H3,(H,12,14)(H,15,16). The lowest BCUT2D eigenvalue weighted by molar-refractivity contribution is -0.137. The molecule has 0 saturated heterocycles. The number of nitrogens with one attached hydrogen (secondary N) is 1. The molecule has 1 rings (SSSR count). The maximum atomic E-state index is 12.1. The summed E-state index contributed by atoms with van der Waals surface area (Å²) in [6, 6.07) is 3.11. The number of carboxylic acid groups (broad SMARTS) is 1. The number of carbonyl (C=O) groups is 2. The summed E-state index contributed by atoms with van der Waals surface area (Å²) in [6.07, 6.45) is 0.530. The van der Waals surface area contributed by atoms with Crippen LogP contribution >= 0.6 is 11.3 Å². The molecule has 0 bridgehead atoms. The monoisotopic (exact) mass is 320 g/mol. The van der Waals surface area contributed by atoms with Gasteiger partial charge < -0.3 is 10.4 Å². The summed E-state index contributed by atoms with van der Waals surface area (Å²) >= 11 is 1.07. The number of carbonyl (C=O) groups excluding carboxylic acids is 1. The lowest BCUT2D eigenvalue weighted by Gasteiger charge is -2.12. The molecule has 0 aliphatic rings. The van der Waals surface area contributed by atoms with E-state index in [0.717, 1.165) is 20.5 Å². The zero-order valence-electron chi connectivity index (χ0n) is 11.1. The Balaban J connectivity index is 2.75. The molecule has 1 aromatic rings. The van der Waals surface area contributed by atoms with E-state index < -0.39 is 22.5 Å². The highest BCUT2D eigenvalue weighted by Crippen LogP contribution is 2.24. The number of hydrogen-bond donors (Lipinski definition) is 2. The molecule has 0 aliphatic heterocycles. The minimum absolute atomic E-state index is 0.0964. The Morgan fingerprint density at radius 1 is 1.40 bits per heavy atom. The topological polar surface area (TPSA) is 104 Å². The zero-order chi connectivity index (χ0) is 15.3. The van der Waals surface area contributed by atoms with Crippen LogP contribution in [0.25, 0.3) is 0 Å². The van der Waals surface area contributed by atoms with Crippen LogP contribution in [-0.2, 0) is 26.0 Å². The Labute approximate surface area is 121 Å². The third-order valence-corrected chi connectivity index (χ3v) is 5.82. The first-order chi connectivity index (χ1) is 9.23. The molecular weight excluding hydrogens is 304 g/mol. The van der Waals surface area contributed by atoms with Crippen LogP contribution in [0, 0.1) is 0 Å². The predicted molar refractivity (Wildman–Crippen MR) is 74.2 cm³/mol. The molecule has 112 valence electrons. The highest BCUT2D eigenvalue weighted by Gasteiger charge is 2.24. The molecule has 20 heavy (non-hydrogen) atoms. The molecular formula is C11H16N2O5S2. The quantitative estimate of drug-likeness (QED) is 0.743. The van der Waals surface area contributed by atoms with Gasteiger partial charge in [-0.1, -0.05) is 0 Å². The second-order valence-corrected chi connectivity index (χ2v) is 7.55. The van der Waals surface area contributed by atoms with E-state index in [-0.39, 0.29) is 10.1 Å². The minimum atomic E-state index is -3.77. The van der Waals surface area contributed by atoms with Gasteiger partial charge in [0.25, 0.3) is 10.0 Å². The fraction of sp³-hybridized carbons (Fsp3) is 0.455. The number of nitrogens with zero attached hydrogens (tertiary/aromatic N) is 1. The Hall–Kier alpha value is -1.45. The molecule has 2 N–H and O–H groups in total. The molecule has 1 aromatic heterocycles. The summed E-state index contributed by atoms with van der Waals surface area (Å²) in [5, 5.41) is 11.2. The Kier molecular flexibility index (Phi) is 5.66. The summed E-state index contributed by atoms with van der Waals surface area (Å²) in [4.78, 5) is 22.1. The van der Waals surface area contributed by atoms with Gasteiger partial charge in [0, 0.05) is 25.4 Å². The lowest BCUT2D eigenvalue weighted by Crippen LogP contribution is -2.31. The van der Waals surface area contributed by atoms with Crippen LogP contribution in [0.15, 0.2) is 16.3 Å². The van der Waals surface area contributed by atoms with E-state index in [9.17, 15) is 18.0 Å². The average Bonchev–Trinajstić information content (AvgIpc) is 2.76. The third kappa shape index (κ3) is 4.58. The van der Waals surface area contributed by atoms with Gasteiger partial charge in [-0.25, -0.2) is 8.42 Å². The molecule has 1 heterocycles. The van der Waals surface area contributed by atoms with E-state index in [0.29, 0.717) is 13.0 Å². The highest BCUT2D eigenvalue weighted by molar-refractivity contribution is 7.91. The summed E-state index contributed by atoms with van der Waals surface area (Å²) in [5.74, 6) is -1.35. The van der Waals surface area contributed by atoms with E-state index in [1.54, 1.807) is 6.07 Å². The van der Waals surface area contributed by atoms with Gasteiger partial charge in [-0.3, -0.25) is 9.59 Å². The zero-order valence-corrected chi connectivity index (χ0v) is 12.8. The molecule has 0 atom stereocenters. The van der Waals surface area contributed by atoms with Crippen LogP contribution in [0.2, 0.25) is 0 Å². The largest absolute Gasteiger partial charge is 0.480 e. The van der Waals surface area contributed by atoms with Gasteiger partial charge in [-0.15, -0.1) is 11.3 Å². The number of thiophene rings is 1. The fourth-order valence-electron chi connectivity index (χ4n) is 1.42. The van der Waals surface area contributed by atoms with Crippen LogP contribution in [0.4, 0.5) is 0 Å². The van der Waals surface area contributed by atoms with Gasteiger partial charge in [0.15, 0.2) is 0 Å². The van der Waals surface area contributed by atoms with E-state index >= 15 is 0 Å². The highest BCUT2D eigenvalue weighted by atomic mass is 32.2. The summed E-state index contributed by atoms with van der Waals surface area (Å²) in [5.41, 5.74) is 0. The molecule has 0 unspecified atom stereocenters. The van der Waals surface area contributed by atoms with Crippen molar-refractivity contribution in [3.63, 3.8) is 0 Å². The van der Waals surface area contributed by atoms with Gasteiger partial charge in [0.05, 0.1) is 0 Å². The smallest absolute Gasteiger partial charge is 0.318 e. The van der Waals surface area contributed by atoms with Gasteiger partial charge in [-0.05, 0) is 18.6 Å². The molecule has 0 aliphatic carbocycles. The van der Waals surface area contributed by atoms with Crippen molar-refractivity contribution in [3.8, 4) is 0 Å². The van der Waals surface area contributed by atoms with E-state index in [4.69, 9.17) is 5.11 Å². The second kappa shape index (κ2) is 6.82. The number of amides is 1. The second-order valence-electron chi connectivity index (χ2n) is 4.11. The first-order valence-corrected chi connectivity index (χ1v) is 8.00. The van der Waals surface area contributed by atoms with Crippen molar-refractivity contribution in [1.29, 1.82) is 0 Å². The van der Waals surface area contributed by atoms with E-state index in [1.165, 1.54) is 20.0 Å². The van der Waals surface area contributed by atoms with Gasteiger partial charge in [0.1, 0.15) is 10.8 Å². The van der Waals surface area contributed by atoms with Crippen LogP contribution in [-0.4, -0.2) is 49.8 Å². The molecule has 1 amide bonds. The Morgan fingerprint density at radius 3 is 2.60 bits per heavy atom. The third-order valence-electron chi connectivity index (χ3n) is 2.40. The van der Waals surface area contributed by atoms with Gasteiger partial charge in [0.2, 0.25) is 5.91 Å². The first-order valence-electron chi connectivity index (χ1n) is 5.74. The first kappa shape index (κ1) is 16.6. The van der Waals surface area contributed by atoms with E-state index in [2.05, 4.69) is 5.32 Å². The molecule has 0 radical (unpaired) electrons. The number of rotatable bonds is 7. The number of likely N-dealkylation sites (N-methyl/N-ethyl adjacent to an activating group) is 1. The van der Waals surface area contributed by atoms with Crippen molar-refractivity contribution in [1.82, 2.24) is 9.62 Å². The molecule has 0 fully saturated rings. The van der Waals surface area contributed by atoms with Crippen molar-refractivity contribution >= 4 is 33.2 Å². The summed E-state index contributed by atoms with van der Waals surface area (Å²) < 4.78 is 25.0.